The number of fused-ring (bicyclic) bond motifs is 1. The summed E-state index contributed by atoms with van der Waals surface area (Å²) < 4.78 is 0. The number of thiazole rings is 1. The Morgan fingerprint density at radius 2 is 2.04 bits per heavy atom. The predicted octanol–water partition coefficient (Wildman–Crippen LogP) is 3.56. The van der Waals surface area contributed by atoms with Gasteiger partial charge >= 0.3 is 6.03 Å². The fourth-order valence-electron chi connectivity index (χ4n) is 3.79. The van der Waals surface area contributed by atoms with Gasteiger partial charge in [0.1, 0.15) is 0 Å². The molecule has 2 aromatic rings. The first kappa shape index (κ1) is 15.6. The lowest BCUT2D eigenvalue weighted by atomic mass is 9.99. The van der Waals surface area contributed by atoms with E-state index in [4.69, 9.17) is 0 Å². The van der Waals surface area contributed by atoms with E-state index in [1.807, 2.05) is 36.5 Å². The molecule has 2 aliphatic heterocycles. The zero-order valence-electron chi connectivity index (χ0n) is 13.6. The maximum absolute atomic E-state index is 12.3. The van der Waals surface area contributed by atoms with Gasteiger partial charge in [0.15, 0.2) is 5.13 Å². The second kappa shape index (κ2) is 6.91. The van der Waals surface area contributed by atoms with Crippen molar-refractivity contribution in [2.45, 2.75) is 37.8 Å². The molecule has 2 saturated heterocycles. The Morgan fingerprint density at radius 1 is 1.17 bits per heavy atom. The smallest absolute Gasteiger partial charge is 0.321 e. The standard InChI is InChI=1S/C18H22N4OS/c23-17(20-14-9-11-22-10-5-4-8-15(14)22)21-18-19-12-16(24-18)13-6-2-1-3-7-13/h1-3,6-7,12,14-15H,4-5,8-11H2,(H2,19,20,21,23)/t14-,15+/m1/s1. The molecular weight excluding hydrogens is 320 g/mol. The number of rotatable bonds is 3. The van der Waals surface area contributed by atoms with Crippen molar-refractivity contribution in [3.63, 3.8) is 0 Å². The van der Waals surface area contributed by atoms with Crippen molar-refractivity contribution in [1.29, 1.82) is 0 Å². The fraction of sp³-hybridized carbons (Fsp3) is 0.444. The molecule has 126 valence electrons. The molecule has 4 rings (SSSR count). The Kier molecular flexibility index (Phi) is 4.49. The number of hydrogen-bond donors (Lipinski definition) is 2. The number of benzene rings is 1. The second-order valence-corrected chi connectivity index (χ2v) is 7.52. The maximum atomic E-state index is 12.3. The van der Waals surface area contributed by atoms with Gasteiger partial charge < -0.3 is 5.32 Å². The molecule has 0 unspecified atom stereocenters. The van der Waals surface area contributed by atoms with Gasteiger partial charge in [-0.3, -0.25) is 10.2 Å². The summed E-state index contributed by atoms with van der Waals surface area (Å²) in [6.45, 7) is 2.28. The van der Waals surface area contributed by atoms with E-state index in [1.54, 1.807) is 0 Å². The number of urea groups is 1. The van der Waals surface area contributed by atoms with Gasteiger partial charge in [0.05, 0.1) is 4.88 Å². The van der Waals surface area contributed by atoms with Crippen molar-refractivity contribution in [3.05, 3.63) is 36.5 Å². The number of hydrogen-bond acceptors (Lipinski definition) is 4. The molecule has 1 aromatic carbocycles. The predicted molar refractivity (Wildman–Crippen MR) is 97.3 cm³/mol. The van der Waals surface area contributed by atoms with E-state index in [0.717, 1.165) is 23.4 Å². The Balaban J connectivity index is 1.36. The number of nitrogens with one attached hydrogen (secondary N) is 2. The Labute approximate surface area is 146 Å². The van der Waals surface area contributed by atoms with Gasteiger partial charge in [0, 0.05) is 24.8 Å². The van der Waals surface area contributed by atoms with Crippen LogP contribution in [0.15, 0.2) is 36.5 Å². The van der Waals surface area contributed by atoms with E-state index in [1.165, 1.54) is 37.1 Å². The molecule has 0 radical (unpaired) electrons. The average Bonchev–Trinajstić information content (AvgIpc) is 3.23. The van der Waals surface area contributed by atoms with E-state index in [2.05, 4.69) is 20.5 Å². The van der Waals surface area contributed by atoms with Crippen LogP contribution in [-0.4, -0.2) is 41.1 Å². The molecule has 2 fully saturated rings. The van der Waals surface area contributed by atoms with Crippen molar-refractivity contribution < 1.29 is 4.79 Å². The van der Waals surface area contributed by atoms with E-state index in [9.17, 15) is 4.79 Å². The SMILES string of the molecule is O=C(Nc1ncc(-c2ccccc2)s1)N[C@@H]1CCN2CCCC[C@@H]12. The monoisotopic (exact) mass is 342 g/mol. The normalized spacial score (nSPS) is 23.7. The molecule has 2 aliphatic rings. The highest BCUT2D eigenvalue weighted by Gasteiger charge is 2.36. The van der Waals surface area contributed by atoms with Crippen molar-refractivity contribution >= 4 is 22.5 Å². The summed E-state index contributed by atoms with van der Waals surface area (Å²) in [5.41, 5.74) is 1.12. The van der Waals surface area contributed by atoms with E-state index in [0.29, 0.717) is 11.2 Å². The number of nitrogens with zero attached hydrogens (tertiary/aromatic N) is 2. The lowest BCUT2D eigenvalue weighted by molar-refractivity contribution is 0.180. The van der Waals surface area contributed by atoms with Crippen LogP contribution in [0.2, 0.25) is 0 Å². The summed E-state index contributed by atoms with van der Waals surface area (Å²) in [7, 11) is 0. The molecule has 1 aromatic heterocycles. The van der Waals surface area contributed by atoms with Crippen LogP contribution in [0.5, 0.6) is 0 Å². The number of carbonyl (C=O) groups is 1. The Hall–Kier alpha value is -1.92. The summed E-state index contributed by atoms with van der Waals surface area (Å²) in [5.74, 6) is 0. The number of carbonyl (C=O) groups excluding carboxylic acids is 1. The van der Waals surface area contributed by atoms with E-state index >= 15 is 0 Å². The molecule has 2 N–H and O–H groups in total. The molecule has 6 heteroatoms. The highest BCUT2D eigenvalue weighted by Crippen LogP contribution is 2.29. The van der Waals surface area contributed by atoms with E-state index < -0.39 is 0 Å². The Bertz CT molecular complexity index is 702. The fourth-order valence-corrected chi connectivity index (χ4v) is 4.60. The molecule has 0 spiro atoms. The molecule has 5 nitrogen and oxygen atoms in total. The average molecular weight is 342 g/mol. The number of aromatic nitrogens is 1. The van der Waals surface area contributed by atoms with E-state index in [-0.39, 0.29) is 12.1 Å². The lowest BCUT2D eigenvalue weighted by Crippen LogP contribution is -2.47. The largest absolute Gasteiger partial charge is 0.333 e. The van der Waals surface area contributed by atoms with Gasteiger partial charge in [-0.15, -0.1) is 0 Å². The Morgan fingerprint density at radius 3 is 2.92 bits per heavy atom. The van der Waals surface area contributed by atoms with Gasteiger partial charge in [-0.25, -0.2) is 9.78 Å². The van der Waals surface area contributed by atoms with Gasteiger partial charge in [-0.05, 0) is 31.4 Å². The minimum atomic E-state index is -0.138. The van der Waals surface area contributed by atoms with Gasteiger partial charge in [-0.2, -0.15) is 0 Å². The molecule has 2 atom stereocenters. The van der Waals surface area contributed by atoms with Gasteiger partial charge in [-0.1, -0.05) is 48.1 Å². The third kappa shape index (κ3) is 3.30. The minimum Gasteiger partial charge on any atom is -0.333 e. The number of anilines is 1. The first-order valence-electron chi connectivity index (χ1n) is 8.62. The molecular formula is C18H22N4OS. The first-order valence-corrected chi connectivity index (χ1v) is 9.44. The lowest BCUT2D eigenvalue weighted by Gasteiger charge is -2.32. The zero-order chi connectivity index (χ0) is 16.4. The molecule has 3 heterocycles. The first-order chi connectivity index (χ1) is 11.8. The van der Waals surface area contributed by atoms with Crippen LogP contribution in [0.4, 0.5) is 9.93 Å². The number of amides is 2. The molecule has 0 aliphatic carbocycles. The van der Waals surface area contributed by atoms with Crippen molar-refractivity contribution in [2.75, 3.05) is 18.4 Å². The quantitative estimate of drug-likeness (QED) is 0.897. The van der Waals surface area contributed by atoms with Crippen molar-refractivity contribution in [2.24, 2.45) is 0 Å². The van der Waals surface area contributed by atoms with Crippen molar-refractivity contribution in [3.8, 4) is 10.4 Å². The van der Waals surface area contributed by atoms with Crippen LogP contribution in [0, 0.1) is 0 Å². The minimum absolute atomic E-state index is 0.138. The molecule has 24 heavy (non-hydrogen) atoms. The maximum Gasteiger partial charge on any atom is 0.321 e. The van der Waals surface area contributed by atoms with Crippen LogP contribution in [0.25, 0.3) is 10.4 Å². The van der Waals surface area contributed by atoms with Crippen LogP contribution < -0.4 is 10.6 Å². The molecule has 0 bridgehead atoms. The molecule has 0 saturated carbocycles. The zero-order valence-corrected chi connectivity index (χ0v) is 14.4. The van der Waals surface area contributed by atoms with Gasteiger partial charge in [0.2, 0.25) is 0 Å². The third-order valence-corrected chi connectivity index (χ3v) is 5.92. The summed E-state index contributed by atoms with van der Waals surface area (Å²) in [5, 5.41) is 6.69. The number of piperidine rings is 1. The second-order valence-electron chi connectivity index (χ2n) is 6.49. The van der Waals surface area contributed by atoms with Crippen LogP contribution in [0.1, 0.15) is 25.7 Å². The van der Waals surface area contributed by atoms with Crippen LogP contribution in [-0.2, 0) is 0 Å². The molecule has 2 amide bonds. The van der Waals surface area contributed by atoms with Gasteiger partial charge in [0.25, 0.3) is 0 Å². The third-order valence-electron chi connectivity index (χ3n) is 4.96. The summed E-state index contributed by atoms with van der Waals surface area (Å²) >= 11 is 1.50. The summed E-state index contributed by atoms with van der Waals surface area (Å²) in [6, 6.07) is 10.7. The topological polar surface area (TPSA) is 57.3 Å². The van der Waals surface area contributed by atoms with Crippen LogP contribution >= 0.6 is 11.3 Å². The van der Waals surface area contributed by atoms with Crippen molar-refractivity contribution in [1.82, 2.24) is 15.2 Å². The van der Waals surface area contributed by atoms with Crippen LogP contribution in [0.3, 0.4) is 0 Å². The highest BCUT2D eigenvalue weighted by molar-refractivity contribution is 7.19. The highest BCUT2D eigenvalue weighted by atomic mass is 32.1. The summed E-state index contributed by atoms with van der Waals surface area (Å²) in [4.78, 5) is 20.2. The summed E-state index contributed by atoms with van der Waals surface area (Å²) in [6.07, 6.45) is 6.62.